The number of methoxy groups -OCH3 is 1. The molecule has 2 rings (SSSR count). The highest BCUT2D eigenvalue weighted by Crippen LogP contribution is 2.29. The van der Waals surface area contributed by atoms with Crippen molar-refractivity contribution < 1.29 is 13.9 Å². The number of ether oxygens (including phenoxy) is 1. The van der Waals surface area contributed by atoms with E-state index in [9.17, 15) is 9.18 Å². The molecule has 1 aliphatic carbocycles. The number of carbonyl (C=O) groups is 1. The van der Waals surface area contributed by atoms with Crippen LogP contribution in [0.2, 0.25) is 0 Å². The number of carbonyl (C=O) groups excluding carboxylic acids is 1. The first-order valence-corrected chi connectivity index (χ1v) is 7.74. The fourth-order valence-electron chi connectivity index (χ4n) is 2.35. The average Bonchev–Trinajstić information content (AvgIpc) is 2.45. The summed E-state index contributed by atoms with van der Waals surface area (Å²) in [5.41, 5.74) is 0.432. The Labute approximate surface area is 117 Å². The third-order valence-corrected chi connectivity index (χ3v) is 4.85. The van der Waals surface area contributed by atoms with Gasteiger partial charge in [0.2, 0.25) is 0 Å². The van der Waals surface area contributed by atoms with Crippen molar-refractivity contribution >= 4 is 17.5 Å². The number of benzene rings is 1. The molecule has 4 heteroatoms. The molecule has 0 N–H and O–H groups in total. The number of Topliss-reactive ketones (excluding diaryl/α,β-unsaturated/α-hetero) is 1. The Morgan fingerprint density at radius 1 is 1.37 bits per heavy atom. The van der Waals surface area contributed by atoms with Crippen molar-refractivity contribution in [3.05, 3.63) is 29.6 Å². The molecule has 0 saturated heterocycles. The van der Waals surface area contributed by atoms with Crippen molar-refractivity contribution in [3.8, 4) is 5.75 Å². The van der Waals surface area contributed by atoms with Gasteiger partial charge in [0.1, 0.15) is 0 Å². The van der Waals surface area contributed by atoms with Gasteiger partial charge in [-0.3, -0.25) is 4.79 Å². The smallest absolute Gasteiger partial charge is 0.172 e. The van der Waals surface area contributed by atoms with Crippen LogP contribution in [0.15, 0.2) is 18.2 Å². The molecule has 104 valence electrons. The fraction of sp³-hybridized carbons (Fsp3) is 0.533. The Morgan fingerprint density at radius 3 is 2.74 bits per heavy atom. The van der Waals surface area contributed by atoms with Crippen LogP contribution in [0.25, 0.3) is 0 Å². The number of rotatable bonds is 5. The molecular formula is C15H19FO2S. The van der Waals surface area contributed by atoms with Gasteiger partial charge in [-0.2, -0.15) is 11.8 Å². The summed E-state index contributed by atoms with van der Waals surface area (Å²) in [5, 5.41) is 0.598. The summed E-state index contributed by atoms with van der Waals surface area (Å²) < 4.78 is 18.4. The molecule has 0 aliphatic heterocycles. The molecule has 0 bridgehead atoms. The van der Waals surface area contributed by atoms with E-state index < -0.39 is 5.82 Å². The topological polar surface area (TPSA) is 26.3 Å². The Kier molecular flexibility index (Phi) is 5.25. The van der Waals surface area contributed by atoms with Gasteiger partial charge in [-0.25, -0.2) is 4.39 Å². The lowest BCUT2D eigenvalue weighted by Crippen LogP contribution is -2.12. The lowest BCUT2D eigenvalue weighted by molar-refractivity contribution is 0.102. The second-order valence-electron chi connectivity index (χ2n) is 4.84. The summed E-state index contributed by atoms with van der Waals surface area (Å²) in [6.45, 7) is 0. The van der Waals surface area contributed by atoms with Gasteiger partial charge in [0.05, 0.1) is 12.9 Å². The summed E-state index contributed by atoms with van der Waals surface area (Å²) >= 11 is 1.71. The van der Waals surface area contributed by atoms with Gasteiger partial charge in [-0.05, 0) is 31.0 Å². The van der Waals surface area contributed by atoms with Crippen LogP contribution in [0.1, 0.15) is 42.5 Å². The maximum Gasteiger partial charge on any atom is 0.172 e. The summed E-state index contributed by atoms with van der Waals surface area (Å²) in [6, 6.07) is 4.40. The normalized spacial score (nSPS) is 16.3. The summed E-state index contributed by atoms with van der Waals surface area (Å²) in [5.74, 6) is 0.140. The largest absolute Gasteiger partial charge is 0.494 e. The number of halogens is 1. The molecule has 0 unspecified atom stereocenters. The van der Waals surface area contributed by atoms with E-state index in [1.165, 1.54) is 51.3 Å². The summed E-state index contributed by atoms with van der Waals surface area (Å²) in [6.07, 6.45) is 6.25. The van der Waals surface area contributed by atoms with Crippen LogP contribution in [-0.4, -0.2) is 23.9 Å². The molecular weight excluding hydrogens is 263 g/mol. The van der Waals surface area contributed by atoms with Crippen LogP contribution in [0, 0.1) is 5.82 Å². The van der Waals surface area contributed by atoms with E-state index in [4.69, 9.17) is 4.74 Å². The van der Waals surface area contributed by atoms with Gasteiger partial charge in [0, 0.05) is 10.8 Å². The number of ketones is 1. The van der Waals surface area contributed by atoms with Crippen LogP contribution >= 0.6 is 11.8 Å². The average molecular weight is 282 g/mol. The molecule has 0 radical (unpaired) electrons. The Bertz CT molecular complexity index is 442. The van der Waals surface area contributed by atoms with Gasteiger partial charge in [-0.1, -0.05) is 19.3 Å². The SMILES string of the molecule is COc1ccc(C(=O)CSC2CCCCC2)cc1F. The molecule has 0 amide bonds. The third-order valence-electron chi connectivity index (χ3n) is 3.48. The van der Waals surface area contributed by atoms with Crippen molar-refractivity contribution in [2.45, 2.75) is 37.4 Å². The van der Waals surface area contributed by atoms with Crippen molar-refractivity contribution in [1.29, 1.82) is 0 Å². The maximum atomic E-state index is 13.5. The molecule has 19 heavy (non-hydrogen) atoms. The predicted molar refractivity (Wildman–Crippen MR) is 76.6 cm³/mol. The molecule has 2 nitrogen and oxygen atoms in total. The molecule has 0 heterocycles. The number of thioether (sulfide) groups is 1. The van der Waals surface area contributed by atoms with E-state index in [0.29, 0.717) is 16.6 Å². The Hall–Kier alpha value is -1.03. The molecule has 1 saturated carbocycles. The first-order valence-electron chi connectivity index (χ1n) is 6.69. The van der Waals surface area contributed by atoms with E-state index in [2.05, 4.69) is 0 Å². The summed E-state index contributed by atoms with van der Waals surface area (Å²) in [4.78, 5) is 12.0. The third kappa shape index (κ3) is 3.96. The molecule has 1 fully saturated rings. The standard InChI is InChI=1S/C15H19FO2S/c1-18-15-8-7-11(9-13(15)16)14(17)10-19-12-5-3-2-4-6-12/h7-9,12H,2-6,10H2,1H3. The first kappa shape index (κ1) is 14.4. The molecule has 0 atom stereocenters. The van der Waals surface area contributed by atoms with Crippen molar-refractivity contribution in [2.24, 2.45) is 0 Å². The van der Waals surface area contributed by atoms with E-state index in [1.807, 2.05) is 0 Å². The molecule has 1 aliphatic rings. The van der Waals surface area contributed by atoms with Gasteiger partial charge in [0.15, 0.2) is 17.3 Å². The van der Waals surface area contributed by atoms with Crippen molar-refractivity contribution in [2.75, 3.05) is 12.9 Å². The van der Waals surface area contributed by atoms with E-state index in [-0.39, 0.29) is 11.5 Å². The zero-order valence-corrected chi connectivity index (χ0v) is 12.0. The molecule has 0 aromatic heterocycles. The van der Waals surface area contributed by atoms with Crippen LogP contribution in [0.3, 0.4) is 0 Å². The molecule has 1 aromatic rings. The van der Waals surface area contributed by atoms with E-state index >= 15 is 0 Å². The maximum absolute atomic E-state index is 13.5. The lowest BCUT2D eigenvalue weighted by Gasteiger charge is -2.20. The van der Waals surface area contributed by atoms with Crippen molar-refractivity contribution in [1.82, 2.24) is 0 Å². The Morgan fingerprint density at radius 2 is 2.11 bits per heavy atom. The quantitative estimate of drug-likeness (QED) is 0.761. The summed E-state index contributed by atoms with van der Waals surface area (Å²) in [7, 11) is 1.42. The van der Waals surface area contributed by atoms with Gasteiger partial charge in [0.25, 0.3) is 0 Å². The van der Waals surface area contributed by atoms with Crippen LogP contribution in [0.4, 0.5) is 4.39 Å². The second-order valence-corrected chi connectivity index (χ2v) is 6.13. The molecule has 1 aromatic carbocycles. The van der Waals surface area contributed by atoms with E-state index in [0.717, 1.165) is 0 Å². The van der Waals surface area contributed by atoms with Crippen LogP contribution < -0.4 is 4.74 Å². The number of hydrogen-bond donors (Lipinski definition) is 0. The first-order chi connectivity index (χ1) is 9.20. The fourth-order valence-corrected chi connectivity index (χ4v) is 3.57. The highest BCUT2D eigenvalue weighted by atomic mass is 32.2. The zero-order valence-electron chi connectivity index (χ0n) is 11.2. The highest BCUT2D eigenvalue weighted by molar-refractivity contribution is 8.00. The Balaban J connectivity index is 1.90. The highest BCUT2D eigenvalue weighted by Gasteiger charge is 2.16. The second kappa shape index (κ2) is 6.94. The van der Waals surface area contributed by atoms with Crippen molar-refractivity contribution in [3.63, 3.8) is 0 Å². The van der Waals surface area contributed by atoms with Crippen LogP contribution in [-0.2, 0) is 0 Å². The minimum absolute atomic E-state index is 0.00266. The minimum Gasteiger partial charge on any atom is -0.494 e. The van der Waals surface area contributed by atoms with Gasteiger partial charge >= 0.3 is 0 Å². The van der Waals surface area contributed by atoms with Crippen LogP contribution in [0.5, 0.6) is 5.75 Å². The number of hydrogen-bond acceptors (Lipinski definition) is 3. The monoisotopic (exact) mass is 282 g/mol. The zero-order chi connectivity index (χ0) is 13.7. The van der Waals surface area contributed by atoms with Gasteiger partial charge < -0.3 is 4.74 Å². The van der Waals surface area contributed by atoms with E-state index in [1.54, 1.807) is 17.8 Å². The molecule has 0 spiro atoms. The predicted octanol–water partition coefficient (Wildman–Crippen LogP) is 4.08. The lowest BCUT2D eigenvalue weighted by atomic mass is 10.0. The minimum atomic E-state index is -0.476. The van der Waals surface area contributed by atoms with Gasteiger partial charge in [-0.15, -0.1) is 0 Å².